The Kier molecular flexibility index (Phi) is 5.53. The number of rotatable bonds is 5. The number of fused-ring (bicyclic) bond motifs is 1. The first-order valence-corrected chi connectivity index (χ1v) is 8.59. The van der Waals surface area contributed by atoms with Gasteiger partial charge in [0.05, 0.1) is 11.8 Å². The van der Waals surface area contributed by atoms with Crippen molar-refractivity contribution < 1.29 is 4.52 Å². The first-order valence-electron chi connectivity index (χ1n) is 8.59. The molecule has 1 aromatic carbocycles. The van der Waals surface area contributed by atoms with Gasteiger partial charge in [-0.15, -0.1) is 12.4 Å². The molecule has 7 nitrogen and oxygen atoms in total. The molecule has 0 atom stereocenters. The Labute approximate surface area is 163 Å². The van der Waals surface area contributed by atoms with Crippen LogP contribution in [-0.4, -0.2) is 24.9 Å². The Bertz CT molecular complexity index is 1040. The van der Waals surface area contributed by atoms with E-state index in [2.05, 4.69) is 34.1 Å². The van der Waals surface area contributed by atoms with Crippen molar-refractivity contribution in [2.45, 2.75) is 26.9 Å². The van der Waals surface area contributed by atoms with Gasteiger partial charge in [0.1, 0.15) is 0 Å². The van der Waals surface area contributed by atoms with Gasteiger partial charge in [0.15, 0.2) is 5.65 Å². The highest BCUT2D eigenvalue weighted by Gasteiger charge is 2.13. The molecule has 0 aliphatic heterocycles. The largest absolute Gasteiger partial charge is 0.334 e. The summed E-state index contributed by atoms with van der Waals surface area (Å²) in [6.07, 6.45) is 3.56. The highest BCUT2D eigenvalue weighted by atomic mass is 35.5. The molecule has 3 aromatic heterocycles. The Morgan fingerprint density at radius 1 is 1.11 bits per heavy atom. The summed E-state index contributed by atoms with van der Waals surface area (Å²) < 4.78 is 7.35. The van der Waals surface area contributed by atoms with Crippen LogP contribution in [0.3, 0.4) is 0 Å². The third-order valence-electron chi connectivity index (χ3n) is 4.13. The molecule has 8 heteroatoms. The van der Waals surface area contributed by atoms with Crippen molar-refractivity contribution >= 4 is 23.4 Å². The van der Waals surface area contributed by atoms with E-state index in [0.717, 1.165) is 34.3 Å². The molecule has 0 radical (unpaired) electrons. The minimum atomic E-state index is 0. The second kappa shape index (κ2) is 7.85. The lowest BCUT2D eigenvalue weighted by molar-refractivity contribution is 0.432. The fourth-order valence-electron chi connectivity index (χ4n) is 2.82. The Balaban J connectivity index is 0.00000210. The number of nitrogens with zero attached hydrogens (tertiary/aromatic N) is 5. The van der Waals surface area contributed by atoms with Crippen LogP contribution in [0.15, 0.2) is 47.2 Å². The first-order chi connectivity index (χ1) is 12.6. The molecule has 140 valence electrons. The minimum Gasteiger partial charge on any atom is -0.334 e. The maximum absolute atomic E-state index is 5.63. The van der Waals surface area contributed by atoms with E-state index >= 15 is 0 Å². The average Bonchev–Trinajstić information content (AvgIpc) is 3.29. The van der Waals surface area contributed by atoms with E-state index in [0.29, 0.717) is 24.2 Å². The molecule has 0 amide bonds. The SMILES string of the molecule is CC(C)Cn1ncc2cc(-c3nc(-c4ccc(CN)cc4)no3)cnc21.Cl. The van der Waals surface area contributed by atoms with Gasteiger partial charge >= 0.3 is 0 Å². The molecule has 4 aromatic rings. The van der Waals surface area contributed by atoms with Crippen molar-refractivity contribution in [2.75, 3.05) is 0 Å². The number of aromatic nitrogens is 5. The summed E-state index contributed by atoms with van der Waals surface area (Å²) in [5, 5.41) is 9.45. The van der Waals surface area contributed by atoms with Gasteiger partial charge in [0.2, 0.25) is 5.82 Å². The molecular formula is C19H21ClN6O. The van der Waals surface area contributed by atoms with Crippen LogP contribution in [0.2, 0.25) is 0 Å². The van der Waals surface area contributed by atoms with Crippen molar-refractivity contribution in [1.82, 2.24) is 24.9 Å². The van der Waals surface area contributed by atoms with Crippen molar-refractivity contribution in [3.05, 3.63) is 48.3 Å². The van der Waals surface area contributed by atoms with E-state index in [4.69, 9.17) is 10.3 Å². The van der Waals surface area contributed by atoms with Gasteiger partial charge in [-0.1, -0.05) is 43.3 Å². The minimum absolute atomic E-state index is 0. The molecular weight excluding hydrogens is 364 g/mol. The smallest absolute Gasteiger partial charge is 0.259 e. The molecule has 0 unspecified atom stereocenters. The maximum atomic E-state index is 5.63. The Morgan fingerprint density at radius 3 is 2.59 bits per heavy atom. The van der Waals surface area contributed by atoms with Crippen LogP contribution < -0.4 is 5.73 Å². The summed E-state index contributed by atoms with van der Waals surface area (Å²) in [5.74, 6) is 1.48. The third-order valence-corrected chi connectivity index (χ3v) is 4.13. The normalized spacial score (nSPS) is 11.1. The van der Waals surface area contributed by atoms with Gasteiger partial charge in [0.25, 0.3) is 5.89 Å². The van der Waals surface area contributed by atoms with Gasteiger partial charge < -0.3 is 10.3 Å². The number of nitrogens with two attached hydrogens (primary N) is 1. The van der Waals surface area contributed by atoms with E-state index in [-0.39, 0.29) is 12.4 Å². The molecule has 0 aliphatic carbocycles. The highest BCUT2D eigenvalue weighted by Crippen LogP contribution is 2.24. The van der Waals surface area contributed by atoms with Crippen LogP contribution in [0.1, 0.15) is 19.4 Å². The zero-order valence-corrected chi connectivity index (χ0v) is 16.0. The van der Waals surface area contributed by atoms with Gasteiger partial charge in [0, 0.05) is 30.2 Å². The Hall–Kier alpha value is -2.77. The van der Waals surface area contributed by atoms with Crippen LogP contribution in [-0.2, 0) is 13.1 Å². The maximum Gasteiger partial charge on any atom is 0.259 e. The van der Waals surface area contributed by atoms with E-state index in [1.54, 1.807) is 6.20 Å². The zero-order valence-electron chi connectivity index (χ0n) is 15.2. The fraction of sp³-hybridized carbons (Fsp3) is 0.263. The fourth-order valence-corrected chi connectivity index (χ4v) is 2.82. The summed E-state index contributed by atoms with van der Waals surface area (Å²) in [6, 6.07) is 9.77. The Morgan fingerprint density at radius 2 is 1.89 bits per heavy atom. The van der Waals surface area contributed by atoms with E-state index in [1.807, 2.05) is 41.2 Å². The van der Waals surface area contributed by atoms with Gasteiger partial charge in [-0.05, 0) is 17.5 Å². The van der Waals surface area contributed by atoms with Crippen molar-refractivity contribution in [2.24, 2.45) is 11.7 Å². The lowest BCUT2D eigenvalue weighted by atomic mass is 10.1. The molecule has 0 spiro atoms. The van der Waals surface area contributed by atoms with E-state index < -0.39 is 0 Å². The molecule has 0 aliphatic rings. The van der Waals surface area contributed by atoms with Crippen molar-refractivity contribution in [1.29, 1.82) is 0 Å². The monoisotopic (exact) mass is 384 g/mol. The van der Waals surface area contributed by atoms with Gasteiger partial charge in [-0.25, -0.2) is 9.67 Å². The topological polar surface area (TPSA) is 95.7 Å². The van der Waals surface area contributed by atoms with Crippen LogP contribution in [0, 0.1) is 5.92 Å². The second-order valence-corrected chi connectivity index (χ2v) is 6.68. The van der Waals surface area contributed by atoms with Gasteiger partial charge in [-0.2, -0.15) is 10.1 Å². The second-order valence-electron chi connectivity index (χ2n) is 6.68. The number of pyridine rings is 1. The molecule has 27 heavy (non-hydrogen) atoms. The van der Waals surface area contributed by atoms with Gasteiger partial charge in [-0.3, -0.25) is 0 Å². The molecule has 4 rings (SSSR count). The van der Waals surface area contributed by atoms with Crippen LogP contribution in [0.25, 0.3) is 33.9 Å². The van der Waals surface area contributed by atoms with Crippen molar-refractivity contribution in [3.63, 3.8) is 0 Å². The summed E-state index contributed by atoms with van der Waals surface area (Å²) in [5.41, 5.74) is 9.21. The number of halogens is 1. The van der Waals surface area contributed by atoms with Crippen LogP contribution >= 0.6 is 12.4 Å². The van der Waals surface area contributed by atoms with Crippen LogP contribution in [0.5, 0.6) is 0 Å². The molecule has 0 fully saturated rings. The average molecular weight is 385 g/mol. The molecule has 0 bridgehead atoms. The summed E-state index contributed by atoms with van der Waals surface area (Å²) in [6.45, 7) is 5.65. The predicted octanol–water partition coefficient (Wildman–Crippen LogP) is 3.68. The number of benzene rings is 1. The lowest BCUT2D eigenvalue weighted by Crippen LogP contribution is -2.06. The lowest BCUT2D eigenvalue weighted by Gasteiger charge is -2.05. The van der Waals surface area contributed by atoms with E-state index in [1.165, 1.54) is 0 Å². The molecule has 2 N–H and O–H groups in total. The predicted molar refractivity (Wildman–Crippen MR) is 106 cm³/mol. The highest BCUT2D eigenvalue weighted by molar-refractivity contribution is 5.85. The summed E-state index contributed by atoms with van der Waals surface area (Å²) in [4.78, 5) is 9.03. The standard InChI is InChI=1S/C19H20N6O.ClH/c1-12(2)11-25-18-15(10-22-25)7-16(9-21-18)19-23-17(24-26-19)14-5-3-13(8-20)4-6-14;/h3-7,9-10,12H,8,11,20H2,1-2H3;1H. The first kappa shape index (κ1) is 19.0. The summed E-state index contributed by atoms with van der Waals surface area (Å²) in [7, 11) is 0. The molecule has 0 saturated carbocycles. The molecule has 3 heterocycles. The third kappa shape index (κ3) is 3.84. The quantitative estimate of drug-likeness (QED) is 0.563. The molecule has 0 saturated heterocycles. The van der Waals surface area contributed by atoms with Crippen LogP contribution in [0.4, 0.5) is 0 Å². The van der Waals surface area contributed by atoms with Crippen molar-refractivity contribution in [3.8, 4) is 22.8 Å². The number of hydrogen-bond acceptors (Lipinski definition) is 6. The summed E-state index contributed by atoms with van der Waals surface area (Å²) >= 11 is 0. The zero-order chi connectivity index (χ0) is 18.1. The van der Waals surface area contributed by atoms with E-state index in [9.17, 15) is 0 Å². The number of hydrogen-bond donors (Lipinski definition) is 1.